The lowest BCUT2D eigenvalue weighted by Crippen LogP contribution is -2.58. The molecule has 1 saturated carbocycles. The van der Waals surface area contributed by atoms with Crippen molar-refractivity contribution in [2.24, 2.45) is 10.8 Å². The maximum atomic E-state index is 11.8. The van der Waals surface area contributed by atoms with Crippen LogP contribution < -0.4 is 0 Å². The van der Waals surface area contributed by atoms with Crippen LogP contribution in [-0.4, -0.2) is 28.4 Å². The van der Waals surface area contributed by atoms with Gasteiger partial charge in [0, 0.05) is 11.8 Å². The molecular weight excluding hydrogens is 212 g/mol. The minimum absolute atomic E-state index is 0.0303. The Morgan fingerprint density at radius 1 is 1.31 bits per heavy atom. The van der Waals surface area contributed by atoms with Crippen LogP contribution in [0.15, 0.2) is 0 Å². The first kappa shape index (κ1) is 11.1. The van der Waals surface area contributed by atoms with E-state index < -0.39 is 28.4 Å². The molecule has 5 heteroatoms. The molecule has 1 aliphatic heterocycles. The molecule has 0 aromatic carbocycles. The van der Waals surface area contributed by atoms with E-state index in [1.165, 1.54) is 6.92 Å². The van der Waals surface area contributed by atoms with Crippen molar-refractivity contribution in [2.45, 2.75) is 39.2 Å². The van der Waals surface area contributed by atoms with Crippen LogP contribution in [0.2, 0.25) is 0 Å². The molecule has 2 aliphatic rings. The van der Waals surface area contributed by atoms with E-state index in [4.69, 9.17) is 4.74 Å². The van der Waals surface area contributed by atoms with Gasteiger partial charge in [-0.3, -0.25) is 14.4 Å². The highest BCUT2D eigenvalue weighted by Gasteiger charge is 2.76. The van der Waals surface area contributed by atoms with E-state index in [2.05, 4.69) is 0 Å². The van der Waals surface area contributed by atoms with Gasteiger partial charge in [0.1, 0.15) is 0 Å². The molecule has 5 nitrogen and oxygen atoms in total. The summed E-state index contributed by atoms with van der Waals surface area (Å²) in [5, 5.41) is 9.31. The lowest BCUT2D eigenvalue weighted by molar-refractivity contribution is -0.165. The fourth-order valence-electron chi connectivity index (χ4n) is 2.88. The highest BCUT2D eigenvalue weighted by atomic mass is 16.6. The van der Waals surface area contributed by atoms with Crippen LogP contribution in [-0.2, 0) is 19.1 Å². The van der Waals surface area contributed by atoms with Crippen LogP contribution in [0, 0.1) is 10.8 Å². The quantitative estimate of drug-likeness (QED) is 0.527. The van der Waals surface area contributed by atoms with Crippen LogP contribution >= 0.6 is 0 Å². The van der Waals surface area contributed by atoms with Gasteiger partial charge < -0.3 is 9.84 Å². The molecule has 1 saturated heterocycles. The molecule has 2 atom stereocenters. The number of Topliss-reactive ketones (excluding diaryl/α,β-unsaturated/α-hetero) is 1. The number of carboxylic acids is 1. The maximum Gasteiger partial charge on any atom is 0.325 e. The van der Waals surface area contributed by atoms with Gasteiger partial charge >= 0.3 is 11.9 Å². The number of rotatable bonds is 1. The van der Waals surface area contributed by atoms with Crippen LogP contribution in [0.1, 0.15) is 33.6 Å². The van der Waals surface area contributed by atoms with E-state index in [1.807, 2.05) is 0 Å². The van der Waals surface area contributed by atoms with Gasteiger partial charge in [-0.25, -0.2) is 0 Å². The number of ketones is 1. The summed E-state index contributed by atoms with van der Waals surface area (Å²) in [6.07, 6.45) is 0.112. The monoisotopic (exact) mass is 226 g/mol. The Kier molecular flexibility index (Phi) is 1.84. The molecule has 0 aromatic rings. The first-order valence-corrected chi connectivity index (χ1v) is 5.20. The molecule has 0 aromatic heterocycles. The third-order valence-electron chi connectivity index (χ3n) is 4.53. The van der Waals surface area contributed by atoms with Gasteiger partial charge in [-0.05, 0) is 13.3 Å². The average Bonchev–Trinajstić information content (AvgIpc) is 2.25. The minimum atomic E-state index is -1.57. The summed E-state index contributed by atoms with van der Waals surface area (Å²) in [5.41, 5.74) is -3.89. The molecule has 2 rings (SSSR count). The van der Waals surface area contributed by atoms with E-state index in [9.17, 15) is 19.5 Å². The summed E-state index contributed by atoms with van der Waals surface area (Å²) >= 11 is 0. The predicted octanol–water partition coefficient (Wildman–Crippen LogP) is 0.762. The van der Waals surface area contributed by atoms with Crippen molar-refractivity contribution < 1.29 is 24.2 Å². The molecule has 2 bridgehead atoms. The molecule has 16 heavy (non-hydrogen) atoms. The molecule has 0 radical (unpaired) electrons. The number of esters is 1. The van der Waals surface area contributed by atoms with Crippen molar-refractivity contribution in [1.82, 2.24) is 0 Å². The van der Waals surface area contributed by atoms with Gasteiger partial charge in [-0.2, -0.15) is 0 Å². The Bertz CT molecular complexity index is 411. The number of carboxylic acid groups (broad SMARTS) is 1. The standard InChI is InChI=1S/C11H14O5/c1-9(2)10(3)6(12)4-5-11(9,7(13)14)8(15)16-10/h4-5H2,1-3H3,(H,13,14)/t10-,11+/m0/s1. The molecule has 0 unspecified atom stereocenters. The number of carbonyl (C=O) groups is 3. The molecule has 1 heterocycles. The third kappa shape index (κ3) is 0.817. The topological polar surface area (TPSA) is 80.7 Å². The molecular formula is C11H14O5. The minimum Gasteiger partial charge on any atom is -0.480 e. The van der Waals surface area contributed by atoms with Crippen LogP contribution in [0.4, 0.5) is 0 Å². The Hall–Kier alpha value is -1.39. The zero-order valence-electron chi connectivity index (χ0n) is 9.49. The highest BCUT2D eigenvalue weighted by molar-refractivity contribution is 6.08. The van der Waals surface area contributed by atoms with E-state index in [0.29, 0.717) is 0 Å². The molecule has 0 amide bonds. The lowest BCUT2D eigenvalue weighted by Gasteiger charge is -2.44. The first-order chi connectivity index (χ1) is 7.20. The second-order valence-electron chi connectivity index (χ2n) is 5.18. The maximum absolute atomic E-state index is 11.8. The molecule has 1 aliphatic carbocycles. The van der Waals surface area contributed by atoms with E-state index in [0.717, 1.165) is 0 Å². The van der Waals surface area contributed by atoms with Crippen LogP contribution in [0.5, 0.6) is 0 Å². The Labute approximate surface area is 92.8 Å². The van der Waals surface area contributed by atoms with Crippen molar-refractivity contribution in [2.75, 3.05) is 0 Å². The number of hydrogen-bond donors (Lipinski definition) is 1. The lowest BCUT2D eigenvalue weighted by atomic mass is 9.53. The van der Waals surface area contributed by atoms with E-state index in [1.54, 1.807) is 13.8 Å². The fraction of sp³-hybridized carbons (Fsp3) is 0.727. The van der Waals surface area contributed by atoms with E-state index >= 15 is 0 Å². The van der Waals surface area contributed by atoms with Gasteiger partial charge in [-0.15, -0.1) is 0 Å². The van der Waals surface area contributed by atoms with Crippen LogP contribution in [0.25, 0.3) is 0 Å². The number of ether oxygens (including phenoxy) is 1. The zero-order valence-corrected chi connectivity index (χ0v) is 9.49. The smallest absolute Gasteiger partial charge is 0.325 e. The molecule has 0 spiro atoms. The van der Waals surface area contributed by atoms with Crippen molar-refractivity contribution in [3.63, 3.8) is 0 Å². The fourth-order valence-corrected chi connectivity index (χ4v) is 2.88. The van der Waals surface area contributed by atoms with Gasteiger partial charge in [0.05, 0.1) is 0 Å². The summed E-state index contributed by atoms with van der Waals surface area (Å²) in [6, 6.07) is 0. The summed E-state index contributed by atoms with van der Waals surface area (Å²) in [7, 11) is 0. The Morgan fingerprint density at radius 3 is 2.38 bits per heavy atom. The van der Waals surface area contributed by atoms with Crippen molar-refractivity contribution in [3.8, 4) is 0 Å². The molecule has 1 N–H and O–H groups in total. The van der Waals surface area contributed by atoms with Crippen molar-refractivity contribution in [1.29, 1.82) is 0 Å². The first-order valence-electron chi connectivity index (χ1n) is 5.20. The SMILES string of the molecule is CC1(C)[C@@]2(C(=O)O)CCC(=O)[C@]1(C)OC2=O. The average molecular weight is 226 g/mol. The summed E-state index contributed by atoms with van der Waals surface area (Å²) < 4.78 is 5.10. The summed E-state index contributed by atoms with van der Waals surface area (Å²) in [5.74, 6) is -2.17. The third-order valence-corrected chi connectivity index (χ3v) is 4.53. The Morgan fingerprint density at radius 2 is 1.88 bits per heavy atom. The van der Waals surface area contributed by atoms with Crippen LogP contribution in [0.3, 0.4) is 0 Å². The summed E-state index contributed by atoms with van der Waals surface area (Å²) in [4.78, 5) is 35.1. The number of carbonyl (C=O) groups excluding carboxylic acids is 2. The number of fused-ring (bicyclic) bond motifs is 2. The predicted molar refractivity (Wildman–Crippen MR) is 52.6 cm³/mol. The van der Waals surface area contributed by atoms with Crippen molar-refractivity contribution in [3.05, 3.63) is 0 Å². The Balaban J connectivity index is 2.69. The van der Waals surface area contributed by atoms with Gasteiger partial charge in [0.25, 0.3) is 0 Å². The highest BCUT2D eigenvalue weighted by Crippen LogP contribution is 2.61. The normalized spacial score (nSPS) is 40.7. The van der Waals surface area contributed by atoms with Crippen molar-refractivity contribution >= 4 is 17.7 Å². The second kappa shape index (κ2) is 2.64. The largest absolute Gasteiger partial charge is 0.480 e. The van der Waals surface area contributed by atoms with E-state index in [-0.39, 0.29) is 18.6 Å². The number of hydrogen-bond acceptors (Lipinski definition) is 4. The molecule has 88 valence electrons. The van der Waals surface area contributed by atoms with Gasteiger partial charge in [0.15, 0.2) is 16.8 Å². The molecule has 2 fully saturated rings. The summed E-state index contributed by atoms with van der Waals surface area (Å²) in [6.45, 7) is 4.74. The zero-order chi connectivity index (χ0) is 12.4. The van der Waals surface area contributed by atoms with Gasteiger partial charge in [-0.1, -0.05) is 13.8 Å². The van der Waals surface area contributed by atoms with Gasteiger partial charge in [0.2, 0.25) is 0 Å². The second-order valence-corrected chi connectivity index (χ2v) is 5.18. The number of aliphatic carboxylic acids is 1.